The van der Waals surface area contributed by atoms with E-state index >= 15 is 0 Å². The largest absolute Gasteiger partial charge is 0.452 e. The van der Waals surface area contributed by atoms with E-state index in [1.807, 2.05) is 18.4 Å². The molecule has 0 unspecified atom stereocenters. The summed E-state index contributed by atoms with van der Waals surface area (Å²) in [5, 5.41) is 0. The quantitative estimate of drug-likeness (QED) is 0.649. The first-order valence-corrected chi connectivity index (χ1v) is 8.66. The summed E-state index contributed by atoms with van der Waals surface area (Å²) in [6, 6.07) is 6.45. The highest BCUT2D eigenvalue weighted by Crippen LogP contribution is 2.21. The van der Waals surface area contributed by atoms with Gasteiger partial charge in [0.25, 0.3) is 5.91 Å². The van der Waals surface area contributed by atoms with Crippen molar-refractivity contribution < 1.29 is 19.1 Å². The summed E-state index contributed by atoms with van der Waals surface area (Å²) in [5.74, 6) is -1.45. The predicted molar refractivity (Wildman–Crippen MR) is 87.1 cm³/mol. The van der Waals surface area contributed by atoms with Crippen LogP contribution in [0.2, 0.25) is 0 Å². The maximum atomic E-state index is 12.2. The SMILES string of the molecule is CSc1ccccc1C(=O)OCC(=O)N1CCCC[C@H]1C(N)=O. The van der Waals surface area contributed by atoms with E-state index in [0.717, 1.165) is 17.7 Å². The Bertz CT molecular complexity index is 605. The summed E-state index contributed by atoms with van der Waals surface area (Å²) in [4.78, 5) is 38.0. The summed E-state index contributed by atoms with van der Waals surface area (Å²) in [5.41, 5.74) is 5.77. The average molecular weight is 336 g/mol. The van der Waals surface area contributed by atoms with Crippen LogP contribution in [0.3, 0.4) is 0 Å². The molecule has 1 saturated heterocycles. The molecule has 1 aliphatic rings. The van der Waals surface area contributed by atoms with Crippen molar-refractivity contribution in [3.63, 3.8) is 0 Å². The minimum absolute atomic E-state index is 0.384. The van der Waals surface area contributed by atoms with Gasteiger partial charge >= 0.3 is 5.97 Å². The number of primary amides is 1. The van der Waals surface area contributed by atoms with Crippen LogP contribution in [0.4, 0.5) is 0 Å². The molecular formula is C16H20N2O4S. The molecule has 2 amide bonds. The van der Waals surface area contributed by atoms with E-state index in [-0.39, 0.29) is 12.5 Å². The molecule has 23 heavy (non-hydrogen) atoms. The average Bonchev–Trinajstić information content (AvgIpc) is 2.59. The fourth-order valence-corrected chi connectivity index (χ4v) is 3.21. The van der Waals surface area contributed by atoms with Gasteiger partial charge in [-0.25, -0.2) is 4.79 Å². The van der Waals surface area contributed by atoms with Crippen molar-refractivity contribution in [1.82, 2.24) is 4.90 Å². The Morgan fingerprint density at radius 3 is 2.74 bits per heavy atom. The molecule has 2 N–H and O–H groups in total. The molecule has 0 saturated carbocycles. The molecular weight excluding hydrogens is 316 g/mol. The van der Waals surface area contributed by atoms with Crippen LogP contribution in [0, 0.1) is 0 Å². The van der Waals surface area contributed by atoms with Crippen molar-refractivity contribution >= 4 is 29.5 Å². The van der Waals surface area contributed by atoms with Crippen LogP contribution in [0.25, 0.3) is 0 Å². The van der Waals surface area contributed by atoms with Gasteiger partial charge in [-0.05, 0) is 37.7 Å². The molecule has 1 aliphatic heterocycles. The molecule has 7 heteroatoms. The standard InChI is InChI=1S/C16H20N2O4S/c1-23-13-8-3-2-6-11(13)16(21)22-10-14(19)18-9-5-4-7-12(18)15(17)20/h2-3,6,8,12H,4-5,7,9-10H2,1H3,(H2,17,20)/t12-/m0/s1. The monoisotopic (exact) mass is 336 g/mol. The van der Waals surface area contributed by atoms with E-state index < -0.39 is 17.9 Å². The second kappa shape index (κ2) is 8.01. The first-order valence-electron chi connectivity index (χ1n) is 7.43. The van der Waals surface area contributed by atoms with Gasteiger partial charge in [0.2, 0.25) is 5.91 Å². The Labute approximate surface area is 139 Å². The number of likely N-dealkylation sites (tertiary alicyclic amines) is 1. The van der Waals surface area contributed by atoms with E-state index in [1.165, 1.54) is 16.7 Å². The van der Waals surface area contributed by atoms with E-state index in [9.17, 15) is 14.4 Å². The molecule has 0 spiro atoms. The number of nitrogens with two attached hydrogens (primary N) is 1. The van der Waals surface area contributed by atoms with Crippen LogP contribution in [0.5, 0.6) is 0 Å². The lowest BCUT2D eigenvalue weighted by Gasteiger charge is -2.33. The molecule has 1 atom stereocenters. The summed E-state index contributed by atoms with van der Waals surface area (Å²) in [6.07, 6.45) is 4.10. The number of piperidine rings is 1. The Hall–Kier alpha value is -2.02. The maximum absolute atomic E-state index is 12.2. The van der Waals surface area contributed by atoms with Gasteiger partial charge in [0, 0.05) is 11.4 Å². The van der Waals surface area contributed by atoms with Gasteiger partial charge in [0.05, 0.1) is 5.56 Å². The number of carbonyl (C=O) groups excluding carboxylic acids is 3. The number of thioether (sulfide) groups is 1. The number of amides is 2. The molecule has 2 rings (SSSR count). The minimum atomic E-state index is -0.603. The van der Waals surface area contributed by atoms with Gasteiger partial charge in [0.15, 0.2) is 6.61 Å². The first-order chi connectivity index (χ1) is 11.0. The van der Waals surface area contributed by atoms with Crippen molar-refractivity contribution in [1.29, 1.82) is 0 Å². The second-order valence-corrected chi connectivity index (χ2v) is 6.13. The number of benzene rings is 1. The summed E-state index contributed by atoms with van der Waals surface area (Å²) in [7, 11) is 0. The number of esters is 1. The van der Waals surface area contributed by atoms with Crippen LogP contribution in [-0.2, 0) is 14.3 Å². The fourth-order valence-electron chi connectivity index (χ4n) is 2.63. The molecule has 0 aliphatic carbocycles. The number of hydrogen-bond acceptors (Lipinski definition) is 5. The number of carbonyl (C=O) groups is 3. The van der Waals surface area contributed by atoms with Crippen LogP contribution in [0.15, 0.2) is 29.2 Å². The number of nitrogens with zero attached hydrogens (tertiary/aromatic N) is 1. The summed E-state index contributed by atoms with van der Waals surface area (Å²) >= 11 is 1.43. The van der Waals surface area contributed by atoms with Gasteiger partial charge < -0.3 is 15.4 Å². The molecule has 1 aromatic carbocycles. The lowest BCUT2D eigenvalue weighted by atomic mass is 10.0. The Morgan fingerprint density at radius 2 is 2.04 bits per heavy atom. The van der Waals surface area contributed by atoms with Gasteiger partial charge in [0.1, 0.15) is 6.04 Å². The van der Waals surface area contributed by atoms with Crippen molar-refractivity contribution in [3.05, 3.63) is 29.8 Å². The lowest BCUT2D eigenvalue weighted by Crippen LogP contribution is -2.51. The molecule has 0 bridgehead atoms. The van der Waals surface area contributed by atoms with E-state index in [0.29, 0.717) is 18.5 Å². The number of rotatable bonds is 5. The predicted octanol–water partition coefficient (Wildman–Crippen LogP) is 1.43. The Morgan fingerprint density at radius 1 is 1.30 bits per heavy atom. The molecule has 1 fully saturated rings. The van der Waals surface area contributed by atoms with Crippen LogP contribution < -0.4 is 5.73 Å². The third kappa shape index (κ3) is 4.25. The maximum Gasteiger partial charge on any atom is 0.339 e. The van der Waals surface area contributed by atoms with Crippen molar-refractivity contribution in [2.75, 3.05) is 19.4 Å². The Kier molecular flexibility index (Phi) is 6.04. The molecule has 6 nitrogen and oxygen atoms in total. The molecule has 124 valence electrons. The zero-order valence-corrected chi connectivity index (χ0v) is 13.8. The van der Waals surface area contributed by atoms with E-state index in [2.05, 4.69) is 0 Å². The fraction of sp³-hybridized carbons (Fsp3) is 0.438. The zero-order valence-electron chi connectivity index (χ0n) is 13.0. The normalized spacial score (nSPS) is 17.6. The van der Waals surface area contributed by atoms with Gasteiger partial charge in [-0.1, -0.05) is 12.1 Å². The number of ether oxygens (including phenoxy) is 1. The van der Waals surface area contributed by atoms with Gasteiger partial charge in [-0.3, -0.25) is 9.59 Å². The van der Waals surface area contributed by atoms with Crippen molar-refractivity contribution in [2.24, 2.45) is 5.73 Å². The van der Waals surface area contributed by atoms with Gasteiger partial charge in [-0.15, -0.1) is 11.8 Å². The third-order valence-electron chi connectivity index (χ3n) is 3.81. The van der Waals surface area contributed by atoms with E-state index in [1.54, 1.807) is 12.1 Å². The van der Waals surface area contributed by atoms with E-state index in [4.69, 9.17) is 10.5 Å². The zero-order chi connectivity index (χ0) is 16.8. The molecule has 1 heterocycles. The minimum Gasteiger partial charge on any atom is -0.452 e. The smallest absolute Gasteiger partial charge is 0.339 e. The van der Waals surface area contributed by atoms with Crippen LogP contribution in [0.1, 0.15) is 29.6 Å². The molecule has 0 radical (unpaired) electrons. The molecule has 0 aromatic heterocycles. The van der Waals surface area contributed by atoms with Crippen molar-refractivity contribution in [3.8, 4) is 0 Å². The second-order valence-electron chi connectivity index (χ2n) is 5.28. The van der Waals surface area contributed by atoms with Crippen LogP contribution >= 0.6 is 11.8 Å². The number of hydrogen-bond donors (Lipinski definition) is 1. The highest BCUT2D eigenvalue weighted by Gasteiger charge is 2.31. The summed E-state index contributed by atoms with van der Waals surface area (Å²) in [6.45, 7) is 0.0801. The molecule has 1 aromatic rings. The highest BCUT2D eigenvalue weighted by atomic mass is 32.2. The van der Waals surface area contributed by atoms with Crippen molar-refractivity contribution in [2.45, 2.75) is 30.2 Å². The summed E-state index contributed by atoms with van der Waals surface area (Å²) < 4.78 is 5.12. The first kappa shape index (κ1) is 17.3. The Balaban J connectivity index is 1.98. The van der Waals surface area contributed by atoms with Gasteiger partial charge in [-0.2, -0.15) is 0 Å². The topological polar surface area (TPSA) is 89.7 Å². The van der Waals surface area contributed by atoms with Crippen LogP contribution in [-0.4, -0.2) is 48.1 Å². The lowest BCUT2D eigenvalue weighted by molar-refractivity contribution is -0.143. The third-order valence-corrected chi connectivity index (χ3v) is 4.60. The highest BCUT2D eigenvalue weighted by molar-refractivity contribution is 7.98.